The van der Waals surface area contributed by atoms with E-state index in [4.69, 9.17) is 4.42 Å². The Labute approximate surface area is 119 Å². The molecule has 2 heterocycles. The van der Waals surface area contributed by atoms with Crippen LogP contribution in [-0.2, 0) is 13.1 Å². The zero-order valence-electron chi connectivity index (χ0n) is 11.7. The molecule has 0 amide bonds. The molecule has 2 aromatic heterocycles. The summed E-state index contributed by atoms with van der Waals surface area (Å²) in [7, 11) is 0. The highest BCUT2D eigenvalue weighted by molar-refractivity contribution is 5.41. The van der Waals surface area contributed by atoms with Gasteiger partial charge in [-0.15, -0.1) is 5.10 Å². The van der Waals surface area contributed by atoms with E-state index < -0.39 is 0 Å². The standard InChI is InChI=1S/C15H20N4O/c1-2-16-10-12-5-8-15(18-17-12)19(13-6-7-13)11-14-4-3-9-20-14/h3-5,8-9,13,16H,2,6-7,10-11H2,1H3. The fraction of sp³-hybridized carbons (Fsp3) is 0.467. The Morgan fingerprint density at radius 1 is 1.30 bits per heavy atom. The van der Waals surface area contributed by atoms with Gasteiger partial charge in [0.05, 0.1) is 18.5 Å². The number of nitrogens with one attached hydrogen (secondary N) is 1. The minimum Gasteiger partial charge on any atom is -0.467 e. The van der Waals surface area contributed by atoms with Crippen LogP contribution in [0.5, 0.6) is 0 Å². The van der Waals surface area contributed by atoms with E-state index in [-0.39, 0.29) is 0 Å². The van der Waals surface area contributed by atoms with Gasteiger partial charge in [-0.25, -0.2) is 0 Å². The lowest BCUT2D eigenvalue weighted by atomic mass is 10.3. The summed E-state index contributed by atoms with van der Waals surface area (Å²) < 4.78 is 5.44. The molecule has 0 atom stereocenters. The molecule has 0 aromatic carbocycles. The summed E-state index contributed by atoms with van der Waals surface area (Å²) in [6.45, 7) is 4.56. The van der Waals surface area contributed by atoms with E-state index in [0.29, 0.717) is 6.04 Å². The first-order valence-electron chi connectivity index (χ1n) is 7.19. The van der Waals surface area contributed by atoms with Crippen molar-refractivity contribution in [3.63, 3.8) is 0 Å². The van der Waals surface area contributed by atoms with Crippen LogP contribution in [-0.4, -0.2) is 22.8 Å². The van der Waals surface area contributed by atoms with Gasteiger partial charge in [0.1, 0.15) is 5.76 Å². The highest BCUT2D eigenvalue weighted by Gasteiger charge is 2.30. The minimum absolute atomic E-state index is 0.578. The molecule has 1 fully saturated rings. The maximum atomic E-state index is 5.44. The number of hydrogen-bond acceptors (Lipinski definition) is 5. The van der Waals surface area contributed by atoms with Gasteiger partial charge in [0.15, 0.2) is 5.82 Å². The van der Waals surface area contributed by atoms with Gasteiger partial charge in [-0.2, -0.15) is 5.10 Å². The summed E-state index contributed by atoms with van der Waals surface area (Å²) in [4.78, 5) is 2.28. The summed E-state index contributed by atoms with van der Waals surface area (Å²) in [6, 6.07) is 8.60. The molecule has 0 spiro atoms. The molecule has 0 aliphatic heterocycles. The van der Waals surface area contributed by atoms with Gasteiger partial charge in [0, 0.05) is 12.6 Å². The lowest BCUT2D eigenvalue weighted by Crippen LogP contribution is -2.26. The molecular weight excluding hydrogens is 252 g/mol. The van der Waals surface area contributed by atoms with E-state index in [1.54, 1.807) is 6.26 Å². The van der Waals surface area contributed by atoms with E-state index in [1.165, 1.54) is 12.8 Å². The average molecular weight is 272 g/mol. The smallest absolute Gasteiger partial charge is 0.151 e. The third-order valence-corrected chi connectivity index (χ3v) is 3.45. The summed E-state index contributed by atoms with van der Waals surface area (Å²) in [6.07, 6.45) is 4.16. The Balaban J connectivity index is 1.70. The second-order valence-electron chi connectivity index (χ2n) is 5.10. The van der Waals surface area contributed by atoms with Crippen molar-refractivity contribution in [3.05, 3.63) is 42.0 Å². The van der Waals surface area contributed by atoms with Crippen molar-refractivity contribution < 1.29 is 4.42 Å². The van der Waals surface area contributed by atoms with Gasteiger partial charge in [0.2, 0.25) is 0 Å². The Morgan fingerprint density at radius 3 is 2.80 bits per heavy atom. The third-order valence-electron chi connectivity index (χ3n) is 3.45. The quantitative estimate of drug-likeness (QED) is 0.838. The molecule has 1 aliphatic rings. The van der Waals surface area contributed by atoms with Crippen LogP contribution in [0.3, 0.4) is 0 Å². The van der Waals surface area contributed by atoms with Crippen molar-refractivity contribution in [2.75, 3.05) is 11.4 Å². The topological polar surface area (TPSA) is 54.2 Å². The maximum Gasteiger partial charge on any atom is 0.151 e. The fourth-order valence-electron chi connectivity index (χ4n) is 2.21. The molecule has 1 N–H and O–H groups in total. The van der Waals surface area contributed by atoms with Crippen molar-refractivity contribution in [2.24, 2.45) is 0 Å². The Kier molecular flexibility index (Phi) is 3.97. The zero-order chi connectivity index (χ0) is 13.8. The van der Waals surface area contributed by atoms with Crippen molar-refractivity contribution >= 4 is 5.82 Å². The van der Waals surface area contributed by atoms with Crippen molar-refractivity contribution in [3.8, 4) is 0 Å². The van der Waals surface area contributed by atoms with E-state index in [1.807, 2.05) is 18.2 Å². The molecule has 0 radical (unpaired) electrons. The van der Waals surface area contributed by atoms with E-state index in [2.05, 4.69) is 33.4 Å². The lowest BCUT2D eigenvalue weighted by Gasteiger charge is -2.21. The van der Waals surface area contributed by atoms with Crippen molar-refractivity contribution in [1.29, 1.82) is 0 Å². The normalized spacial score (nSPS) is 14.4. The van der Waals surface area contributed by atoms with Gasteiger partial charge in [0.25, 0.3) is 0 Å². The first-order chi connectivity index (χ1) is 9.86. The van der Waals surface area contributed by atoms with Crippen LogP contribution in [0.25, 0.3) is 0 Å². The Morgan fingerprint density at radius 2 is 2.20 bits per heavy atom. The number of rotatable bonds is 7. The molecule has 106 valence electrons. The molecule has 3 rings (SSSR count). The number of hydrogen-bond donors (Lipinski definition) is 1. The summed E-state index contributed by atoms with van der Waals surface area (Å²) in [5, 5.41) is 11.9. The number of anilines is 1. The van der Waals surface area contributed by atoms with E-state index in [0.717, 1.165) is 36.9 Å². The summed E-state index contributed by atoms with van der Waals surface area (Å²) in [5.41, 5.74) is 0.976. The number of nitrogens with zero attached hydrogens (tertiary/aromatic N) is 3. The molecule has 2 aromatic rings. The van der Waals surface area contributed by atoms with Crippen molar-refractivity contribution in [1.82, 2.24) is 15.5 Å². The van der Waals surface area contributed by atoms with Gasteiger partial charge in [-0.05, 0) is 43.7 Å². The fourth-order valence-corrected chi connectivity index (χ4v) is 2.21. The zero-order valence-corrected chi connectivity index (χ0v) is 11.7. The van der Waals surface area contributed by atoms with Gasteiger partial charge < -0.3 is 14.6 Å². The SMILES string of the molecule is CCNCc1ccc(N(Cc2ccco2)C2CC2)nn1. The highest BCUT2D eigenvalue weighted by Crippen LogP contribution is 2.31. The van der Waals surface area contributed by atoms with Crippen molar-refractivity contribution in [2.45, 2.75) is 38.9 Å². The van der Waals surface area contributed by atoms with Crippen LogP contribution in [0.4, 0.5) is 5.82 Å². The van der Waals surface area contributed by atoms with Crippen LogP contribution in [0.2, 0.25) is 0 Å². The first-order valence-corrected chi connectivity index (χ1v) is 7.19. The van der Waals surface area contributed by atoms with Gasteiger partial charge in [-0.1, -0.05) is 6.92 Å². The first kappa shape index (κ1) is 13.1. The molecule has 0 bridgehead atoms. The van der Waals surface area contributed by atoms with E-state index >= 15 is 0 Å². The Bertz CT molecular complexity index is 519. The van der Waals surface area contributed by atoms with Gasteiger partial charge >= 0.3 is 0 Å². The van der Waals surface area contributed by atoms with E-state index in [9.17, 15) is 0 Å². The van der Waals surface area contributed by atoms with Crippen LogP contribution in [0.15, 0.2) is 34.9 Å². The second-order valence-corrected chi connectivity index (χ2v) is 5.10. The number of furan rings is 1. The van der Waals surface area contributed by atoms with Crippen LogP contribution >= 0.6 is 0 Å². The predicted octanol–water partition coefficient (Wildman–Crippen LogP) is 2.35. The highest BCUT2D eigenvalue weighted by atomic mass is 16.3. The Hall–Kier alpha value is -1.88. The summed E-state index contributed by atoms with van der Waals surface area (Å²) in [5.74, 6) is 1.90. The average Bonchev–Trinajstić information content (AvgIpc) is 3.20. The lowest BCUT2D eigenvalue weighted by molar-refractivity contribution is 0.499. The number of aromatic nitrogens is 2. The molecule has 20 heavy (non-hydrogen) atoms. The molecule has 5 nitrogen and oxygen atoms in total. The second kappa shape index (κ2) is 6.05. The molecular formula is C15H20N4O. The summed E-state index contributed by atoms with van der Waals surface area (Å²) >= 11 is 0. The molecule has 0 saturated heterocycles. The largest absolute Gasteiger partial charge is 0.467 e. The molecule has 0 unspecified atom stereocenters. The maximum absolute atomic E-state index is 5.44. The monoisotopic (exact) mass is 272 g/mol. The minimum atomic E-state index is 0.578. The van der Waals surface area contributed by atoms with Crippen LogP contribution < -0.4 is 10.2 Å². The third kappa shape index (κ3) is 3.17. The van der Waals surface area contributed by atoms with Crippen LogP contribution in [0.1, 0.15) is 31.2 Å². The van der Waals surface area contributed by atoms with Gasteiger partial charge in [-0.3, -0.25) is 0 Å². The molecule has 1 aliphatic carbocycles. The molecule has 5 heteroatoms. The van der Waals surface area contributed by atoms with Crippen LogP contribution in [0, 0.1) is 0 Å². The molecule has 1 saturated carbocycles. The predicted molar refractivity (Wildman–Crippen MR) is 77.3 cm³/mol.